The van der Waals surface area contributed by atoms with Gasteiger partial charge < -0.3 is 10.4 Å². The van der Waals surface area contributed by atoms with Crippen LogP contribution in [0.4, 0.5) is 0 Å². The highest BCUT2D eigenvalue weighted by molar-refractivity contribution is 7.87. The molecule has 0 saturated carbocycles. The SMILES string of the molecule is CCCC(C)NC(=O)CS(=O)C(C)(C)C(=O)O. The molecule has 0 fully saturated rings. The van der Waals surface area contributed by atoms with E-state index in [9.17, 15) is 13.8 Å². The van der Waals surface area contributed by atoms with Gasteiger partial charge in [-0.15, -0.1) is 0 Å². The zero-order valence-corrected chi connectivity index (χ0v) is 11.6. The zero-order valence-electron chi connectivity index (χ0n) is 10.8. The Morgan fingerprint density at radius 2 is 1.94 bits per heavy atom. The van der Waals surface area contributed by atoms with Crippen molar-refractivity contribution in [1.29, 1.82) is 0 Å². The highest BCUT2D eigenvalue weighted by Crippen LogP contribution is 2.13. The molecule has 0 aromatic rings. The summed E-state index contributed by atoms with van der Waals surface area (Å²) in [6.07, 6.45) is 1.80. The van der Waals surface area contributed by atoms with E-state index in [1.165, 1.54) is 13.8 Å². The smallest absolute Gasteiger partial charge is 0.321 e. The molecule has 0 aliphatic rings. The molecule has 100 valence electrons. The van der Waals surface area contributed by atoms with E-state index in [4.69, 9.17) is 5.11 Å². The van der Waals surface area contributed by atoms with Crippen LogP contribution in [0.3, 0.4) is 0 Å². The third kappa shape index (κ3) is 5.30. The highest BCUT2D eigenvalue weighted by Gasteiger charge is 2.35. The number of carboxylic acid groups (broad SMARTS) is 1. The molecule has 2 atom stereocenters. The Hall–Kier alpha value is -0.910. The van der Waals surface area contributed by atoms with Gasteiger partial charge in [-0.05, 0) is 27.2 Å². The first-order chi connectivity index (χ1) is 7.71. The van der Waals surface area contributed by atoms with Gasteiger partial charge in [-0.25, -0.2) is 0 Å². The average Bonchev–Trinajstić information content (AvgIpc) is 2.16. The van der Waals surface area contributed by atoms with E-state index in [0.717, 1.165) is 12.8 Å². The van der Waals surface area contributed by atoms with E-state index in [1.807, 2.05) is 13.8 Å². The lowest BCUT2D eigenvalue weighted by Gasteiger charge is -2.19. The van der Waals surface area contributed by atoms with Gasteiger partial charge >= 0.3 is 5.97 Å². The van der Waals surface area contributed by atoms with Crippen LogP contribution in [0.25, 0.3) is 0 Å². The summed E-state index contributed by atoms with van der Waals surface area (Å²) in [5.41, 5.74) is 0. The van der Waals surface area contributed by atoms with Crippen LogP contribution in [0.5, 0.6) is 0 Å². The Kier molecular flexibility index (Phi) is 6.37. The number of aliphatic carboxylic acids is 1. The number of hydrogen-bond acceptors (Lipinski definition) is 3. The van der Waals surface area contributed by atoms with E-state index in [0.29, 0.717) is 0 Å². The zero-order chi connectivity index (χ0) is 13.6. The second-order valence-electron chi connectivity index (χ2n) is 4.56. The van der Waals surface area contributed by atoms with Gasteiger partial charge in [0.1, 0.15) is 10.5 Å². The van der Waals surface area contributed by atoms with Crippen LogP contribution in [0.2, 0.25) is 0 Å². The fraction of sp³-hybridized carbons (Fsp3) is 0.818. The van der Waals surface area contributed by atoms with E-state index < -0.39 is 21.5 Å². The molecule has 6 heteroatoms. The van der Waals surface area contributed by atoms with Crippen molar-refractivity contribution in [2.24, 2.45) is 0 Å². The summed E-state index contributed by atoms with van der Waals surface area (Å²) in [5.74, 6) is -1.79. The van der Waals surface area contributed by atoms with Crippen molar-refractivity contribution in [2.45, 2.75) is 51.3 Å². The van der Waals surface area contributed by atoms with E-state index in [-0.39, 0.29) is 17.7 Å². The molecular formula is C11H21NO4S. The molecule has 0 saturated heterocycles. The van der Waals surface area contributed by atoms with Crippen LogP contribution in [0, 0.1) is 0 Å². The maximum absolute atomic E-state index is 11.7. The Morgan fingerprint density at radius 1 is 1.41 bits per heavy atom. The minimum absolute atomic E-state index is 0.0254. The monoisotopic (exact) mass is 263 g/mol. The molecule has 0 radical (unpaired) electrons. The summed E-state index contributed by atoms with van der Waals surface area (Å²) in [4.78, 5) is 22.4. The number of carbonyl (C=O) groups is 2. The molecular weight excluding hydrogens is 242 g/mol. The Balaban J connectivity index is 4.31. The Labute approximate surface area is 104 Å². The van der Waals surface area contributed by atoms with Gasteiger partial charge in [0, 0.05) is 16.8 Å². The molecule has 0 bridgehead atoms. The van der Waals surface area contributed by atoms with Crippen molar-refractivity contribution in [3.63, 3.8) is 0 Å². The predicted molar refractivity (Wildman–Crippen MR) is 67.2 cm³/mol. The van der Waals surface area contributed by atoms with Gasteiger partial charge in [0.05, 0.1) is 0 Å². The Bertz CT molecular complexity index is 315. The quantitative estimate of drug-likeness (QED) is 0.715. The molecule has 5 nitrogen and oxygen atoms in total. The number of amides is 1. The Morgan fingerprint density at radius 3 is 2.35 bits per heavy atom. The van der Waals surface area contributed by atoms with Crippen molar-refractivity contribution in [3.05, 3.63) is 0 Å². The molecule has 17 heavy (non-hydrogen) atoms. The molecule has 2 unspecified atom stereocenters. The number of nitrogens with one attached hydrogen (secondary N) is 1. The van der Waals surface area contributed by atoms with Crippen molar-refractivity contribution < 1.29 is 18.9 Å². The fourth-order valence-electron chi connectivity index (χ4n) is 1.22. The maximum atomic E-state index is 11.7. The lowest BCUT2D eigenvalue weighted by atomic mass is 10.2. The van der Waals surface area contributed by atoms with Gasteiger partial charge in [0.25, 0.3) is 0 Å². The van der Waals surface area contributed by atoms with E-state index in [2.05, 4.69) is 5.32 Å². The molecule has 0 aliphatic heterocycles. The van der Waals surface area contributed by atoms with Gasteiger partial charge in [-0.2, -0.15) is 0 Å². The number of carbonyl (C=O) groups excluding carboxylic acids is 1. The van der Waals surface area contributed by atoms with Gasteiger partial charge in [0.2, 0.25) is 5.91 Å². The first kappa shape index (κ1) is 16.1. The second-order valence-corrected chi connectivity index (χ2v) is 6.56. The third-order valence-electron chi connectivity index (χ3n) is 2.48. The molecule has 0 aromatic carbocycles. The summed E-state index contributed by atoms with van der Waals surface area (Å²) in [6, 6.07) is 0.0254. The summed E-state index contributed by atoms with van der Waals surface area (Å²) in [6.45, 7) is 6.59. The standard InChI is InChI=1S/C11H21NO4S/c1-5-6-8(2)12-9(13)7-17(16)11(3,4)10(14)15/h8H,5-7H2,1-4H3,(H,12,13)(H,14,15). The van der Waals surface area contributed by atoms with Gasteiger partial charge in [-0.3, -0.25) is 13.8 Å². The minimum atomic E-state index is -1.72. The molecule has 2 N–H and O–H groups in total. The van der Waals surface area contributed by atoms with E-state index in [1.54, 1.807) is 0 Å². The van der Waals surface area contributed by atoms with Crippen molar-refractivity contribution in [3.8, 4) is 0 Å². The van der Waals surface area contributed by atoms with E-state index >= 15 is 0 Å². The highest BCUT2D eigenvalue weighted by atomic mass is 32.2. The summed E-state index contributed by atoms with van der Waals surface area (Å²) in [5, 5.41) is 11.6. The van der Waals surface area contributed by atoms with Gasteiger partial charge in [-0.1, -0.05) is 13.3 Å². The van der Waals surface area contributed by atoms with Crippen LogP contribution < -0.4 is 5.32 Å². The van der Waals surface area contributed by atoms with Crippen LogP contribution in [-0.4, -0.2) is 37.7 Å². The average molecular weight is 263 g/mol. The van der Waals surface area contributed by atoms with Crippen molar-refractivity contribution in [1.82, 2.24) is 5.32 Å². The normalized spacial score (nSPS) is 15.1. The third-order valence-corrected chi connectivity index (χ3v) is 4.31. The van der Waals surface area contributed by atoms with Crippen molar-refractivity contribution in [2.75, 3.05) is 5.75 Å². The first-order valence-electron chi connectivity index (χ1n) is 5.63. The lowest BCUT2D eigenvalue weighted by Crippen LogP contribution is -2.43. The summed E-state index contributed by atoms with van der Waals surface area (Å²) < 4.78 is 10.3. The molecule has 0 rings (SSSR count). The molecule has 0 heterocycles. The van der Waals surface area contributed by atoms with Crippen LogP contribution >= 0.6 is 0 Å². The predicted octanol–water partition coefficient (Wildman–Crippen LogP) is 0.903. The second kappa shape index (κ2) is 6.74. The topological polar surface area (TPSA) is 83.5 Å². The summed E-state index contributed by atoms with van der Waals surface area (Å²) in [7, 11) is -1.72. The maximum Gasteiger partial charge on any atom is 0.321 e. The van der Waals surface area contributed by atoms with Gasteiger partial charge in [0.15, 0.2) is 0 Å². The number of rotatable bonds is 7. The largest absolute Gasteiger partial charge is 0.480 e. The lowest BCUT2D eigenvalue weighted by molar-refractivity contribution is -0.139. The van der Waals surface area contributed by atoms with Crippen molar-refractivity contribution >= 4 is 22.7 Å². The van der Waals surface area contributed by atoms with Crippen LogP contribution in [0.1, 0.15) is 40.5 Å². The molecule has 1 amide bonds. The number of hydrogen-bond donors (Lipinski definition) is 2. The first-order valence-corrected chi connectivity index (χ1v) is 6.95. The fourth-order valence-corrected chi connectivity index (χ4v) is 2.10. The molecule has 0 spiro atoms. The molecule has 0 aromatic heterocycles. The minimum Gasteiger partial charge on any atom is -0.480 e. The number of carboxylic acids is 1. The van der Waals surface area contributed by atoms with Crippen LogP contribution in [0.15, 0.2) is 0 Å². The molecule has 0 aliphatic carbocycles. The van der Waals surface area contributed by atoms with Crippen LogP contribution in [-0.2, 0) is 20.4 Å². The summed E-state index contributed by atoms with van der Waals surface area (Å²) >= 11 is 0.